The van der Waals surface area contributed by atoms with Crippen LogP contribution in [0, 0.1) is 6.92 Å². The Morgan fingerprint density at radius 2 is 2.15 bits per heavy atom. The molecule has 1 unspecified atom stereocenters. The molecule has 0 fully saturated rings. The number of aryl methyl sites for hydroxylation is 1. The maximum Gasteiger partial charge on any atom is 0.128 e. The SMILES string of the molecule is CNC(CSc1ccccc1Cl)c1cc(C)cnc1N. The van der Waals surface area contributed by atoms with E-state index in [0.717, 1.165) is 26.8 Å². The second kappa shape index (κ2) is 6.97. The Morgan fingerprint density at radius 1 is 1.40 bits per heavy atom. The predicted octanol–water partition coefficient (Wildman–Crippen LogP) is 3.68. The summed E-state index contributed by atoms with van der Waals surface area (Å²) in [5, 5.41) is 4.07. The number of nitrogens with one attached hydrogen (secondary N) is 1. The lowest BCUT2D eigenvalue weighted by Gasteiger charge is -2.18. The molecule has 1 aromatic heterocycles. The highest BCUT2D eigenvalue weighted by Gasteiger charge is 2.14. The second-order valence-corrected chi connectivity index (χ2v) is 6.04. The number of thioether (sulfide) groups is 1. The molecule has 0 aliphatic heterocycles. The molecule has 0 amide bonds. The van der Waals surface area contributed by atoms with Gasteiger partial charge in [0.25, 0.3) is 0 Å². The summed E-state index contributed by atoms with van der Waals surface area (Å²) in [5.41, 5.74) is 8.12. The number of nitrogen functional groups attached to an aromatic ring is 1. The molecule has 0 saturated carbocycles. The Kier molecular flexibility index (Phi) is 5.29. The van der Waals surface area contributed by atoms with Gasteiger partial charge < -0.3 is 11.1 Å². The number of halogens is 1. The smallest absolute Gasteiger partial charge is 0.128 e. The topological polar surface area (TPSA) is 50.9 Å². The third kappa shape index (κ3) is 3.66. The van der Waals surface area contributed by atoms with Crippen molar-refractivity contribution in [2.24, 2.45) is 0 Å². The van der Waals surface area contributed by atoms with Crippen LogP contribution < -0.4 is 11.1 Å². The number of hydrogen-bond donors (Lipinski definition) is 2. The largest absolute Gasteiger partial charge is 0.383 e. The summed E-state index contributed by atoms with van der Waals surface area (Å²) in [6.07, 6.45) is 1.78. The van der Waals surface area contributed by atoms with E-state index in [-0.39, 0.29) is 6.04 Å². The zero-order valence-electron chi connectivity index (χ0n) is 11.6. The van der Waals surface area contributed by atoms with E-state index in [2.05, 4.69) is 16.4 Å². The summed E-state index contributed by atoms with van der Waals surface area (Å²) >= 11 is 7.89. The van der Waals surface area contributed by atoms with Crippen molar-refractivity contribution in [3.8, 4) is 0 Å². The fourth-order valence-electron chi connectivity index (χ4n) is 1.95. The summed E-state index contributed by atoms with van der Waals surface area (Å²) in [5.74, 6) is 1.42. The first-order valence-corrected chi connectivity index (χ1v) is 7.74. The lowest BCUT2D eigenvalue weighted by Crippen LogP contribution is -2.20. The van der Waals surface area contributed by atoms with Gasteiger partial charge in [0, 0.05) is 28.5 Å². The number of hydrogen-bond acceptors (Lipinski definition) is 4. The summed E-state index contributed by atoms with van der Waals surface area (Å²) in [6, 6.07) is 10.1. The molecule has 3 nitrogen and oxygen atoms in total. The van der Waals surface area contributed by atoms with Crippen LogP contribution in [0.25, 0.3) is 0 Å². The predicted molar refractivity (Wildman–Crippen MR) is 87.4 cm³/mol. The number of pyridine rings is 1. The first-order chi connectivity index (χ1) is 9.61. The molecule has 20 heavy (non-hydrogen) atoms. The van der Waals surface area contributed by atoms with E-state index in [9.17, 15) is 0 Å². The van der Waals surface area contributed by atoms with Gasteiger partial charge in [0.1, 0.15) is 5.82 Å². The molecule has 5 heteroatoms. The van der Waals surface area contributed by atoms with Gasteiger partial charge in [-0.1, -0.05) is 23.7 Å². The average Bonchev–Trinajstić information content (AvgIpc) is 2.45. The first kappa shape index (κ1) is 15.2. The molecule has 0 spiro atoms. The summed E-state index contributed by atoms with van der Waals surface area (Å²) in [4.78, 5) is 5.30. The molecule has 0 radical (unpaired) electrons. The maximum atomic E-state index is 6.18. The molecule has 106 valence electrons. The van der Waals surface area contributed by atoms with Gasteiger partial charge in [-0.15, -0.1) is 11.8 Å². The van der Waals surface area contributed by atoms with Crippen LogP contribution in [0.4, 0.5) is 5.82 Å². The highest BCUT2D eigenvalue weighted by molar-refractivity contribution is 7.99. The fraction of sp³-hybridized carbons (Fsp3) is 0.267. The minimum Gasteiger partial charge on any atom is -0.383 e. The quantitative estimate of drug-likeness (QED) is 0.827. The van der Waals surface area contributed by atoms with Crippen LogP contribution in [0.2, 0.25) is 5.02 Å². The molecule has 3 N–H and O–H groups in total. The van der Waals surface area contributed by atoms with Gasteiger partial charge in [-0.3, -0.25) is 0 Å². The van der Waals surface area contributed by atoms with Gasteiger partial charge in [-0.25, -0.2) is 4.98 Å². The Hall–Kier alpha value is -1.23. The van der Waals surface area contributed by atoms with Crippen molar-refractivity contribution in [3.63, 3.8) is 0 Å². The summed E-state index contributed by atoms with van der Waals surface area (Å²) in [7, 11) is 1.93. The second-order valence-electron chi connectivity index (χ2n) is 4.57. The standard InChI is InChI=1S/C15H18ClN3S/c1-10-7-11(15(17)19-8-10)13(18-2)9-20-14-6-4-3-5-12(14)16/h3-8,13,18H,9H2,1-2H3,(H2,17,19). The number of benzene rings is 1. The lowest BCUT2D eigenvalue weighted by atomic mass is 10.1. The Balaban J connectivity index is 2.13. The van der Waals surface area contributed by atoms with Crippen LogP contribution in [0.15, 0.2) is 41.4 Å². The highest BCUT2D eigenvalue weighted by Crippen LogP contribution is 2.31. The molecule has 0 aliphatic carbocycles. The Bertz CT molecular complexity index is 589. The van der Waals surface area contributed by atoms with Crippen LogP contribution in [-0.2, 0) is 0 Å². The van der Waals surface area contributed by atoms with Gasteiger partial charge in [-0.2, -0.15) is 0 Å². The normalized spacial score (nSPS) is 12.3. The third-order valence-corrected chi connectivity index (χ3v) is 4.66. The van der Waals surface area contributed by atoms with Gasteiger partial charge in [0.15, 0.2) is 0 Å². The number of rotatable bonds is 5. The van der Waals surface area contributed by atoms with Crippen LogP contribution in [0.5, 0.6) is 0 Å². The van der Waals surface area contributed by atoms with E-state index in [0.29, 0.717) is 5.82 Å². The maximum absolute atomic E-state index is 6.18. The van der Waals surface area contributed by atoms with Gasteiger partial charge in [0.05, 0.1) is 5.02 Å². The zero-order chi connectivity index (χ0) is 14.5. The number of nitrogens with zero attached hydrogens (tertiary/aromatic N) is 1. The van der Waals surface area contributed by atoms with Gasteiger partial charge in [-0.05, 0) is 37.7 Å². The van der Waals surface area contributed by atoms with Gasteiger partial charge in [0.2, 0.25) is 0 Å². The molecule has 1 heterocycles. The van der Waals surface area contributed by atoms with Crippen LogP contribution in [0.1, 0.15) is 17.2 Å². The zero-order valence-corrected chi connectivity index (χ0v) is 13.1. The van der Waals surface area contributed by atoms with E-state index >= 15 is 0 Å². The van der Waals surface area contributed by atoms with E-state index in [4.69, 9.17) is 17.3 Å². The van der Waals surface area contributed by atoms with E-state index in [1.54, 1.807) is 18.0 Å². The van der Waals surface area contributed by atoms with E-state index < -0.39 is 0 Å². The molecule has 0 aliphatic rings. The fourth-order valence-corrected chi connectivity index (χ4v) is 3.32. The van der Waals surface area contributed by atoms with Crippen molar-refractivity contribution < 1.29 is 0 Å². The van der Waals surface area contributed by atoms with E-state index in [1.807, 2.05) is 38.2 Å². The summed E-state index contributed by atoms with van der Waals surface area (Å²) < 4.78 is 0. The van der Waals surface area contributed by atoms with Crippen molar-refractivity contribution in [1.29, 1.82) is 0 Å². The number of anilines is 1. The highest BCUT2D eigenvalue weighted by atomic mass is 35.5. The molecule has 2 rings (SSSR count). The average molecular weight is 308 g/mol. The van der Waals surface area contributed by atoms with Crippen molar-refractivity contribution in [1.82, 2.24) is 10.3 Å². The minimum atomic E-state index is 0.142. The van der Waals surface area contributed by atoms with Crippen LogP contribution in [0.3, 0.4) is 0 Å². The number of aromatic nitrogens is 1. The first-order valence-electron chi connectivity index (χ1n) is 6.38. The summed E-state index contributed by atoms with van der Waals surface area (Å²) in [6.45, 7) is 2.02. The van der Waals surface area contributed by atoms with Crippen molar-refractivity contribution in [2.45, 2.75) is 17.9 Å². The number of nitrogens with two attached hydrogens (primary N) is 1. The Morgan fingerprint density at radius 3 is 2.85 bits per heavy atom. The molecule has 1 aromatic carbocycles. The van der Waals surface area contributed by atoms with Crippen molar-refractivity contribution >= 4 is 29.2 Å². The lowest BCUT2D eigenvalue weighted by molar-refractivity contribution is 0.661. The third-order valence-electron chi connectivity index (χ3n) is 3.05. The van der Waals surface area contributed by atoms with Crippen molar-refractivity contribution in [3.05, 3.63) is 52.7 Å². The van der Waals surface area contributed by atoms with Crippen LogP contribution in [-0.4, -0.2) is 17.8 Å². The van der Waals surface area contributed by atoms with E-state index in [1.165, 1.54) is 0 Å². The minimum absolute atomic E-state index is 0.142. The van der Waals surface area contributed by atoms with Gasteiger partial charge >= 0.3 is 0 Å². The molecule has 0 saturated heterocycles. The molecular weight excluding hydrogens is 290 g/mol. The molecule has 1 atom stereocenters. The molecule has 0 bridgehead atoms. The molecule has 2 aromatic rings. The van der Waals surface area contributed by atoms with Crippen molar-refractivity contribution in [2.75, 3.05) is 18.5 Å². The monoisotopic (exact) mass is 307 g/mol. The Labute approximate surface area is 128 Å². The molecular formula is C15H18ClN3S. The van der Waals surface area contributed by atoms with Crippen LogP contribution >= 0.6 is 23.4 Å².